The standard InChI is InChI=1S/C30H29F3N6O7S/c1-19-10-12-22(13-11-19)26-18-27(30(31,32)33)34-38(26)24-14-16-25(17-15-24)47(43,44)35-28(40)20(2)37(4)39(42)36-46-21(3)45-29(41)23-8-6-5-7-9-23/h5-18,20-21H,1-4H3,(H,35,40)/t20-,21?/m0/s1. The molecule has 0 aliphatic carbocycles. The molecular formula is C30H29F3N6O7S. The van der Waals surface area contributed by atoms with Gasteiger partial charge in [-0.25, -0.2) is 22.6 Å². The van der Waals surface area contributed by atoms with Gasteiger partial charge >= 0.3 is 12.1 Å². The number of amides is 1. The molecule has 1 unspecified atom stereocenters. The predicted molar refractivity (Wildman–Crippen MR) is 160 cm³/mol. The average Bonchev–Trinajstić information content (AvgIpc) is 3.50. The van der Waals surface area contributed by atoms with Gasteiger partial charge in [0.1, 0.15) is 0 Å². The van der Waals surface area contributed by atoms with Gasteiger partial charge in [0.05, 0.1) is 33.9 Å². The summed E-state index contributed by atoms with van der Waals surface area (Å²) in [6, 6.07) is 18.9. The van der Waals surface area contributed by atoms with Crippen LogP contribution in [0.4, 0.5) is 13.2 Å². The molecule has 3 aromatic carbocycles. The summed E-state index contributed by atoms with van der Waals surface area (Å²) in [5, 5.41) is 20.0. The van der Waals surface area contributed by atoms with Crippen molar-refractivity contribution in [3.8, 4) is 16.9 Å². The third kappa shape index (κ3) is 8.43. The third-order valence-corrected chi connectivity index (χ3v) is 8.09. The zero-order chi connectivity index (χ0) is 34.5. The maximum atomic E-state index is 13.5. The first-order chi connectivity index (χ1) is 22.1. The number of carbonyl (C=O) groups excluding carboxylic acids is 2. The van der Waals surface area contributed by atoms with E-state index < -0.39 is 46.1 Å². The maximum absolute atomic E-state index is 13.5. The summed E-state index contributed by atoms with van der Waals surface area (Å²) in [4.78, 5) is 29.2. The van der Waals surface area contributed by atoms with Crippen LogP contribution in [0.1, 0.15) is 35.5 Å². The largest absolute Gasteiger partial charge is 0.569 e. The van der Waals surface area contributed by atoms with Gasteiger partial charge in [0.25, 0.3) is 22.2 Å². The highest BCUT2D eigenvalue weighted by atomic mass is 32.2. The van der Waals surface area contributed by atoms with Crippen molar-refractivity contribution < 1.29 is 45.7 Å². The SMILES string of the molecule is Cc1ccc(-c2cc(C(F)(F)F)nn2-c2ccc(S(=O)(=O)NC(=O)[C@H](C)N(C)[N+]([O-])=NOC(C)OC(=O)c3ccccc3)cc2)cc1. The van der Waals surface area contributed by atoms with E-state index in [2.05, 4.69) is 10.4 Å². The first-order valence-electron chi connectivity index (χ1n) is 13.8. The van der Waals surface area contributed by atoms with E-state index >= 15 is 0 Å². The molecule has 0 saturated heterocycles. The second-order valence-electron chi connectivity index (χ2n) is 10.2. The molecule has 1 heterocycles. The number of alkyl halides is 3. The number of benzene rings is 3. The Kier molecular flexibility index (Phi) is 10.2. The van der Waals surface area contributed by atoms with Crippen molar-refractivity contribution in [3.63, 3.8) is 0 Å². The molecule has 1 amide bonds. The van der Waals surface area contributed by atoms with Crippen molar-refractivity contribution in [2.75, 3.05) is 7.05 Å². The molecule has 0 radical (unpaired) electrons. The number of aromatic nitrogens is 2. The summed E-state index contributed by atoms with van der Waals surface area (Å²) in [5.74, 6) is -1.84. The van der Waals surface area contributed by atoms with Crippen LogP contribution in [-0.4, -0.2) is 59.4 Å². The van der Waals surface area contributed by atoms with Crippen molar-refractivity contribution in [2.45, 2.75) is 44.2 Å². The second-order valence-corrected chi connectivity index (χ2v) is 11.9. The molecule has 4 aromatic rings. The highest BCUT2D eigenvalue weighted by molar-refractivity contribution is 7.90. The lowest BCUT2D eigenvalue weighted by Crippen LogP contribution is -2.47. The molecule has 2 atom stereocenters. The molecule has 0 bridgehead atoms. The molecule has 47 heavy (non-hydrogen) atoms. The molecule has 13 nitrogen and oxygen atoms in total. The van der Waals surface area contributed by atoms with Crippen molar-refractivity contribution in [3.05, 3.63) is 107 Å². The monoisotopic (exact) mass is 674 g/mol. The average molecular weight is 675 g/mol. The highest BCUT2D eigenvalue weighted by Gasteiger charge is 2.35. The summed E-state index contributed by atoms with van der Waals surface area (Å²) < 4.78 is 74.4. The highest BCUT2D eigenvalue weighted by Crippen LogP contribution is 2.33. The van der Waals surface area contributed by atoms with Gasteiger partial charge in [-0.2, -0.15) is 18.3 Å². The van der Waals surface area contributed by atoms with Gasteiger partial charge in [-0.3, -0.25) is 9.63 Å². The number of carbonyl (C=O) groups is 2. The van der Waals surface area contributed by atoms with Crippen LogP contribution < -0.4 is 4.72 Å². The van der Waals surface area contributed by atoms with E-state index in [0.717, 1.165) is 35.5 Å². The fourth-order valence-corrected chi connectivity index (χ4v) is 5.03. The van der Waals surface area contributed by atoms with E-state index in [9.17, 15) is 36.4 Å². The fraction of sp³-hybridized carbons (Fsp3) is 0.233. The van der Waals surface area contributed by atoms with E-state index in [-0.39, 0.29) is 26.8 Å². The van der Waals surface area contributed by atoms with Crippen molar-refractivity contribution >= 4 is 21.9 Å². The first-order valence-corrected chi connectivity index (χ1v) is 15.3. The first kappa shape index (κ1) is 34.4. The number of hydrazine groups is 1. The number of ether oxygens (including phenoxy) is 1. The van der Waals surface area contributed by atoms with Gasteiger partial charge in [0.2, 0.25) is 5.28 Å². The Balaban J connectivity index is 1.43. The molecule has 0 fully saturated rings. The zero-order valence-corrected chi connectivity index (χ0v) is 26.2. The summed E-state index contributed by atoms with van der Waals surface area (Å²) in [5.41, 5.74) is 0.703. The number of aryl methyl sites for hydroxylation is 1. The van der Waals surface area contributed by atoms with Crippen molar-refractivity contribution in [1.29, 1.82) is 0 Å². The van der Waals surface area contributed by atoms with Gasteiger partial charge in [-0.1, -0.05) is 48.0 Å². The lowest BCUT2D eigenvalue weighted by atomic mass is 10.1. The van der Waals surface area contributed by atoms with E-state index in [4.69, 9.17) is 9.57 Å². The number of hydrogen-bond donors (Lipinski definition) is 1. The number of nitrogens with one attached hydrogen (secondary N) is 1. The maximum Gasteiger partial charge on any atom is 0.435 e. The number of likely N-dealkylation sites (N-methyl/N-ethyl adjacent to an activating group) is 1. The van der Waals surface area contributed by atoms with Crippen LogP contribution in [0.3, 0.4) is 0 Å². The van der Waals surface area contributed by atoms with E-state index in [0.29, 0.717) is 10.6 Å². The van der Waals surface area contributed by atoms with E-state index in [1.807, 2.05) is 11.6 Å². The van der Waals surface area contributed by atoms with Crippen molar-refractivity contribution in [1.82, 2.24) is 19.5 Å². The fourth-order valence-electron chi connectivity index (χ4n) is 3.99. The summed E-state index contributed by atoms with van der Waals surface area (Å²) in [6.45, 7) is 4.35. The second kappa shape index (κ2) is 13.9. The van der Waals surface area contributed by atoms with Crippen LogP contribution in [0.5, 0.6) is 0 Å². The van der Waals surface area contributed by atoms with E-state index in [1.54, 1.807) is 42.5 Å². The Morgan fingerprint density at radius 1 is 1.02 bits per heavy atom. The van der Waals surface area contributed by atoms with Crippen LogP contribution in [0.15, 0.2) is 95.1 Å². The molecular weight excluding hydrogens is 645 g/mol. The molecule has 0 spiro atoms. The molecule has 1 aromatic heterocycles. The third-order valence-electron chi connectivity index (χ3n) is 6.73. The lowest BCUT2D eigenvalue weighted by Gasteiger charge is -2.20. The molecule has 0 aliphatic heterocycles. The van der Waals surface area contributed by atoms with Crippen LogP contribution >= 0.6 is 0 Å². The van der Waals surface area contributed by atoms with Crippen LogP contribution in [0, 0.1) is 12.1 Å². The summed E-state index contributed by atoms with van der Waals surface area (Å²) >= 11 is 0. The number of halogens is 3. The van der Waals surface area contributed by atoms with Gasteiger partial charge in [0, 0.05) is 12.5 Å². The molecule has 0 saturated carbocycles. The summed E-state index contributed by atoms with van der Waals surface area (Å²) in [6.07, 6.45) is -6.01. The molecule has 4 rings (SSSR count). The molecule has 0 aliphatic rings. The Morgan fingerprint density at radius 2 is 1.64 bits per heavy atom. The number of nitrogens with zero attached hydrogens (tertiary/aromatic N) is 5. The van der Waals surface area contributed by atoms with Crippen LogP contribution in [0.2, 0.25) is 0 Å². The minimum atomic E-state index is -4.73. The lowest BCUT2D eigenvalue weighted by molar-refractivity contribution is -0.711. The minimum Gasteiger partial charge on any atom is -0.569 e. The number of esters is 1. The molecule has 248 valence electrons. The Morgan fingerprint density at radius 3 is 2.23 bits per heavy atom. The number of sulfonamides is 1. The van der Waals surface area contributed by atoms with Gasteiger partial charge in [-0.15, -0.1) is 5.01 Å². The van der Waals surface area contributed by atoms with Gasteiger partial charge in [0.15, 0.2) is 11.7 Å². The number of hydrogen-bond acceptors (Lipinski definition) is 9. The smallest absolute Gasteiger partial charge is 0.435 e. The molecule has 17 heteroatoms. The van der Waals surface area contributed by atoms with E-state index in [1.165, 1.54) is 38.1 Å². The van der Waals surface area contributed by atoms with Crippen molar-refractivity contribution in [2.24, 2.45) is 5.28 Å². The summed E-state index contributed by atoms with van der Waals surface area (Å²) in [7, 11) is -3.35. The van der Waals surface area contributed by atoms with Gasteiger partial charge in [-0.05, 0) is 56.3 Å². The quantitative estimate of drug-likeness (QED) is 0.0760. The van der Waals surface area contributed by atoms with Gasteiger partial charge < -0.3 is 9.94 Å². The Hall–Kier alpha value is -5.45. The normalized spacial score (nSPS) is 13.4. The Labute approximate surface area is 267 Å². The topological polar surface area (TPSA) is 158 Å². The van der Waals surface area contributed by atoms with Crippen LogP contribution in [-0.2, 0) is 30.6 Å². The minimum absolute atomic E-state index is 0.124. The van der Waals surface area contributed by atoms with Crippen LogP contribution in [0.25, 0.3) is 16.9 Å². The Bertz CT molecular complexity index is 1860. The zero-order valence-electron chi connectivity index (χ0n) is 25.4. The molecule has 1 N–H and O–H groups in total. The number of rotatable bonds is 11. The predicted octanol–water partition coefficient (Wildman–Crippen LogP) is 5.00.